The second-order valence-electron chi connectivity index (χ2n) is 7.31. The molecule has 142 valence electrons. The van der Waals surface area contributed by atoms with Gasteiger partial charge in [-0.3, -0.25) is 9.59 Å². The molecule has 1 N–H and O–H groups in total. The number of amides is 2. The molecule has 0 bridgehead atoms. The van der Waals surface area contributed by atoms with Crippen LogP contribution in [0.4, 0.5) is 5.69 Å². The average molecular weight is 385 g/mol. The second kappa shape index (κ2) is 8.57. The van der Waals surface area contributed by atoms with E-state index in [1.807, 2.05) is 24.3 Å². The largest absolute Gasteiger partial charge is 0.339 e. The summed E-state index contributed by atoms with van der Waals surface area (Å²) in [5, 5.41) is 3.64. The van der Waals surface area contributed by atoms with Crippen molar-refractivity contribution in [3.05, 3.63) is 64.7 Å². The van der Waals surface area contributed by atoms with Gasteiger partial charge in [0.05, 0.1) is 0 Å². The Morgan fingerprint density at radius 3 is 2.44 bits per heavy atom. The number of hydrogen-bond donors (Lipinski definition) is 1. The number of rotatable bonds is 4. The minimum Gasteiger partial charge on any atom is -0.339 e. The fourth-order valence-electron chi connectivity index (χ4n) is 3.50. The number of carbonyl (C=O) groups is 2. The quantitative estimate of drug-likeness (QED) is 0.810. The Morgan fingerprint density at radius 1 is 1.07 bits per heavy atom. The lowest BCUT2D eigenvalue weighted by molar-refractivity contribution is -0.121. The third-order valence-corrected chi connectivity index (χ3v) is 5.30. The number of piperidine rings is 1. The van der Waals surface area contributed by atoms with Gasteiger partial charge in [-0.05, 0) is 48.6 Å². The van der Waals surface area contributed by atoms with Crippen molar-refractivity contribution in [3.8, 4) is 0 Å². The molecule has 1 fully saturated rings. The van der Waals surface area contributed by atoms with Crippen molar-refractivity contribution >= 4 is 29.1 Å². The van der Waals surface area contributed by atoms with E-state index in [0.29, 0.717) is 42.4 Å². The molecule has 2 aromatic rings. The minimum absolute atomic E-state index is 0.0264. The van der Waals surface area contributed by atoms with Crippen molar-refractivity contribution < 1.29 is 9.59 Å². The van der Waals surface area contributed by atoms with Crippen molar-refractivity contribution in [2.75, 3.05) is 18.4 Å². The number of para-hydroxylation sites is 1. The van der Waals surface area contributed by atoms with Crippen molar-refractivity contribution in [1.29, 1.82) is 0 Å². The smallest absolute Gasteiger partial charge is 0.253 e. The van der Waals surface area contributed by atoms with E-state index in [-0.39, 0.29) is 17.7 Å². The average Bonchev–Trinajstić information content (AvgIpc) is 2.67. The molecule has 0 radical (unpaired) electrons. The van der Waals surface area contributed by atoms with Crippen LogP contribution in [-0.2, 0) is 4.79 Å². The first-order valence-electron chi connectivity index (χ1n) is 9.40. The third-order valence-electron chi connectivity index (χ3n) is 5.07. The van der Waals surface area contributed by atoms with Gasteiger partial charge in [-0.15, -0.1) is 0 Å². The van der Waals surface area contributed by atoms with Gasteiger partial charge in [0.2, 0.25) is 5.91 Å². The lowest BCUT2D eigenvalue weighted by Gasteiger charge is -2.31. The van der Waals surface area contributed by atoms with E-state index in [9.17, 15) is 9.59 Å². The molecule has 0 aliphatic carbocycles. The minimum atomic E-state index is -0.0753. The Bertz CT molecular complexity index is 827. The van der Waals surface area contributed by atoms with Crippen LogP contribution in [-0.4, -0.2) is 29.8 Å². The molecule has 5 heteroatoms. The molecule has 1 saturated heterocycles. The summed E-state index contributed by atoms with van der Waals surface area (Å²) < 4.78 is 0. The van der Waals surface area contributed by atoms with Crippen LogP contribution in [0, 0.1) is 5.92 Å². The summed E-state index contributed by atoms with van der Waals surface area (Å²) in [4.78, 5) is 27.1. The highest BCUT2D eigenvalue weighted by Crippen LogP contribution is 2.26. The van der Waals surface area contributed by atoms with Gasteiger partial charge in [0, 0.05) is 35.3 Å². The monoisotopic (exact) mass is 384 g/mol. The third kappa shape index (κ3) is 4.69. The summed E-state index contributed by atoms with van der Waals surface area (Å²) in [5.41, 5.74) is 2.62. The molecule has 0 spiro atoms. The van der Waals surface area contributed by atoms with Crippen molar-refractivity contribution in [2.45, 2.75) is 32.6 Å². The fourth-order valence-corrected chi connectivity index (χ4v) is 3.69. The van der Waals surface area contributed by atoms with Crippen LogP contribution in [0.2, 0.25) is 5.02 Å². The van der Waals surface area contributed by atoms with Crippen LogP contribution in [0.3, 0.4) is 0 Å². The van der Waals surface area contributed by atoms with Crippen molar-refractivity contribution in [3.63, 3.8) is 0 Å². The molecule has 1 aliphatic heterocycles. The standard InChI is InChI=1S/C22H25ClN2O2/c1-15(2)19-8-3-4-9-20(19)24-21(26)16-10-12-25(13-11-16)22(27)17-6-5-7-18(23)14-17/h3-9,14-16H,10-13H2,1-2H3,(H,24,26). The first kappa shape index (κ1) is 19.4. The first-order chi connectivity index (χ1) is 13.0. The number of likely N-dealkylation sites (tertiary alicyclic amines) is 1. The highest BCUT2D eigenvalue weighted by molar-refractivity contribution is 6.30. The molecule has 1 aliphatic rings. The highest BCUT2D eigenvalue weighted by Gasteiger charge is 2.28. The number of nitrogens with one attached hydrogen (secondary N) is 1. The Balaban J connectivity index is 1.59. The summed E-state index contributed by atoms with van der Waals surface area (Å²) in [5.74, 6) is 0.284. The van der Waals surface area contributed by atoms with Gasteiger partial charge >= 0.3 is 0 Å². The molecule has 1 heterocycles. The Kier molecular flexibility index (Phi) is 6.17. The number of benzene rings is 2. The first-order valence-corrected chi connectivity index (χ1v) is 9.78. The normalized spacial score (nSPS) is 15.0. The van der Waals surface area contributed by atoms with E-state index < -0.39 is 0 Å². The molecular weight excluding hydrogens is 360 g/mol. The van der Waals surface area contributed by atoms with Crippen LogP contribution in [0.1, 0.15) is 48.5 Å². The molecule has 4 nitrogen and oxygen atoms in total. The van der Waals surface area contributed by atoms with Crippen LogP contribution in [0.5, 0.6) is 0 Å². The maximum atomic E-state index is 12.7. The zero-order valence-corrected chi connectivity index (χ0v) is 16.5. The van der Waals surface area contributed by atoms with Crippen LogP contribution in [0.15, 0.2) is 48.5 Å². The van der Waals surface area contributed by atoms with E-state index in [4.69, 9.17) is 11.6 Å². The lowest BCUT2D eigenvalue weighted by atomic mass is 9.94. The van der Waals surface area contributed by atoms with Gasteiger partial charge in [0.15, 0.2) is 0 Å². The molecule has 27 heavy (non-hydrogen) atoms. The van der Waals surface area contributed by atoms with Gasteiger partial charge in [-0.2, -0.15) is 0 Å². The van der Waals surface area contributed by atoms with E-state index in [2.05, 4.69) is 19.2 Å². The molecule has 2 amide bonds. The number of anilines is 1. The maximum Gasteiger partial charge on any atom is 0.253 e. The predicted octanol–water partition coefficient (Wildman–Crippen LogP) is 4.95. The summed E-state index contributed by atoms with van der Waals surface area (Å²) in [7, 11) is 0. The van der Waals surface area contributed by atoms with E-state index in [1.165, 1.54) is 0 Å². The summed E-state index contributed by atoms with van der Waals surface area (Å²) in [6.45, 7) is 5.39. The Labute approximate surface area is 165 Å². The predicted molar refractivity (Wildman–Crippen MR) is 109 cm³/mol. The SMILES string of the molecule is CC(C)c1ccccc1NC(=O)C1CCN(C(=O)c2cccc(Cl)c2)CC1. The molecule has 0 saturated carbocycles. The molecule has 0 aromatic heterocycles. The van der Waals surface area contributed by atoms with Gasteiger partial charge in [0.1, 0.15) is 0 Å². The molecule has 3 rings (SSSR count). The van der Waals surface area contributed by atoms with Gasteiger partial charge in [0.25, 0.3) is 5.91 Å². The summed E-state index contributed by atoms with van der Waals surface area (Å²) in [6.07, 6.45) is 1.34. The van der Waals surface area contributed by atoms with Gasteiger partial charge in [-0.25, -0.2) is 0 Å². The van der Waals surface area contributed by atoms with Crippen LogP contribution >= 0.6 is 11.6 Å². The molecular formula is C22H25ClN2O2. The number of carbonyl (C=O) groups excluding carboxylic acids is 2. The molecule has 0 unspecified atom stereocenters. The van der Waals surface area contributed by atoms with E-state index >= 15 is 0 Å². The summed E-state index contributed by atoms with van der Waals surface area (Å²) in [6, 6.07) is 14.9. The van der Waals surface area contributed by atoms with Gasteiger partial charge < -0.3 is 10.2 Å². The molecule has 2 aromatic carbocycles. The lowest BCUT2D eigenvalue weighted by Crippen LogP contribution is -2.41. The fraction of sp³-hybridized carbons (Fsp3) is 0.364. The van der Waals surface area contributed by atoms with Crippen LogP contribution in [0.25, 0.3) is 0 Å². The number of halogens is 1. The number of hydrogen-bond acceptors (Lipinski definition) is 2. The van der Waals surface area contributed by atoms with Crippen molar-refractivity contribution in [1.82, 2.24) is 4.90 Å². The highest BCUT2D eigenvalue weighted by atomic mass is 35.5. The number of nitrogens with zero attached hydrogens (tertiary/aromatic N) is 1. The summed E-state index contributed by atoms with van der Waals surface area (Å²) >= 11 is 5.98. The Hall–Kier alpha value is -2.33. The zero-order chi connectivity index (χ0) is 19.4. The molecule has 0 atom stereocenters. The second-order valence-corrected chi connectivity index (χ2v) is 7.74. The van der Waals surface area contributed by atoms with Crippen LogP contribution < -0.4 is 5.32 Å². The van der Waals surface area contributed by atoms with E-state index in [0.717, 1.165) is 11.3 Å². The maximum absolute atomic E-state index is 12.7. The zero-order valence-electron chi connectivity index (χ0n) is 15.7. The van der Waals surface area contributed by atoms with E-state index in [1.54, 1.807) is 29.2 Å². The van der Waals surface area contributed by atoms with Crippen molar-refractivity contribution in [2.24, 2.45) is 5.92 Å². The topological polar surface area (TPSA) is 49.4 Å². The Morgan fingerprint density at radius 2 is 1.78 bits per heavy atom. The van der Waals surface area contributed by atoms with Gasteiger partial charge in [-0.1, -0.05) is 49.7 Å².